The lowest BCUT2D eigenvalue weighted by Crippen LogP contribution is -2.22. The molecule has 0 saturated heterocycles. The highest BCUT2D eigenvalue weighted by atomic mass is 79.9. The van der Waals surface area contributed by atoms with Crippen molar-refractivity contribution in [3.05, 3.63) is 65.0 Å². The highest BCUT2D eigenvalue weighted by Gasteiger charge is 2.20. The van der Waals surface area contributed by atoms with E-state index in [1.807, 2.05) is 0 Å². The molecule has 9 nitrogen and oxygen atoms in total. The molecular formula is C24H25BrF2N6O3Si. The van der Waals surface area contributed by atoms with Gasteiger partial charge in [-0.1, -0.05) is 19.6 Å². The molecular weight excluding hydrogens is 566 g/mol. The number of carbonyl (C=O) groups is 1. The van der Waals surface area contributed by atoms with Gasteiger partial charge in [0.05, 0.1) is 5.39 Å². The molecule has 0 unspecified atom stereocenters. The van der Waals surface area contributed by atoms with Crippen molar-refractivity contribution in [1.82, 2.24) is 19.7 Å². The fourth-order valence-electron chi connectivity index (χ4n) is 3.35. The van der Waals surface area contributed by atoms with Gasteiger partial charge in [0, 0.05) is 55.6 Å². The number of aromatic nitrogens is 4. The van der Waals surface area contributed by atoms with Crippen molar-refractivity contribution >= 4 is 52.6 Å². The highest BCUT2D eigenvalue weighted by molar-refractivity contribution is 9.10. The van der Waals surface area contributed by atoms with Crippen molar-refractivity contribution in [1.29, 1.82) is 0 Å². The number of halogens is 3. The summed E-state index contributed by atoms with van der Waals surface area (Å²) >= 11 is 3.48. The summed E-state index contributed by atoms with van der Waals surface area (Å²) in [5.41, 5.74) is 0.434. The van der Waals surface area contributed by atoms with Gasteiger partial charge in [0.1, 0.15) is 18.1 Å². The van der Waals surface area contributed by atoms with Crippen molar-refractivity contribution in [2.45, 2.75) is 32.4 Å². The van der Waals surface area contributed by atoms with E-state index < -0.39 is 31.5 Å². The maximum atomic E-state index is 14.9. The minimum atomic E-state index is -1.22. The number of hydrogen-bond acceptors (Lipinski definition) is 6. The third-order valence-electron chi connectivity index (χ3n) is 5.18. The summed E-state index contributed by atoms with van der Waals surface area (Å²) in [7, 11) is -1.22. The molecule has 1 aromatic carbocycles. The first-order chi connectivity index (χ1) is 17.6. The van der Waals surface area contributed by atoms with Crippen molar-refractivity contribution in [3.63, 3.8) is 0 Å². The number of carbonyl (C=O) groups excluding carboxylic acids is 1. The molecule has 4 rings (SSSR count). The zero-order chi connectivity index (χ0) is 26.6. The van der Waals surface area contributed by atoms with Crippen LogP contribution in [0.25, 0.3) is 11.0 Å². The molecule has 3 heterocycles. The van der Waals surface area contributed by atoms with Gasteiger partial charge in [-0.3, -0.25) is 5.32 Å². The first-order valence-electron chi connectivity index (χ1n) is 11.3. The molecule has 2 N–H and O–H groups in total. The first-order valence-corrected chi connectivity index (χ1v) is 15.8. The second-order valence-corrected chi connectivity index (χ2v) is 15.8. The van der Waals surface area contributed by atoms with Gasteiger partial charge in [0.2, 0.25) is 0 Å². The molecule has 0 fully saturated rings. The Morgan fingerprint density at radius 2 is 1.89 bits per heavy atom. The van der Waals surface area contributed by atoms with Gasteiger partial charge in [-0.2, -0.15) is 5.10 Å². The van der Waals surface area contributed by atoms with Crippen LogP contribution in [0.2, 0.25) is 25.7 Å². The Bertz CT molecular complexity index is 1390. The summed E-state index contributed by atoms with van der Waals surface area (Å²) in [6.07, 6.45) is 4.72. The molecule has 13 heteroatoms. The number of hydrogen-bond donors (Lipinski definition) is 2. The topological polar surface area (TPSA) is 103 Å². The van der Waals surface area contributed by atoms with E-state index >= 15 is 0 Å². The Hall–Kier alpha value is -3.42. The summed E-state index contributed by atoms with van der Waals surface area (Å²) in [5, 5.41) is 12.7. The maximum absolute atomic E-state index is 14.9. The van der Waals surface area contributed by atoms with Crippen LogP contribution in [0, 0.1) is 11.6 Å². The minimum absolute atomic E-state index is 0.105. The predicted molar refractivity (Wildman–Crippen MR) is 143 cm³/mol. The minimum Gasteiger partial charge on any atom is -0.450 e. The quantitative estimate of drug-likeness (QED) is 0.168. The number of ether oxygens (including phenoxy) is 2. The average Bonchev–Trinajstić information content (AvgIpc) is 3.15. The van der Waals surface area contributed by atoms with E-state index in [1.165, 1.54) is 24.5 Å². The number of urea groups is 1. The molecule has 3 aromatic heterocycles. The third kappa shape index (κ3) is 6.87. The fourth-order valence-corrected chi connectivity index (χ4v) is 4.73. The van der Waals surface area contributed by atoms with Gasteiger partial charge in [0.25, 0.3) is 0 Å². The van der Waals surface area contributed by atoms with E-state index in [9.17, 15) is 13.6 Å². The summed E-state index contributed by atoms with van der Waals surface area (Å²) in [6.45, 7) is 7.75. The van der Waals surface area contributed by atoms with Crippen LogP contribution in [0.3, 0.4) is 0 Å². The zero-order valence-electron chi connectivity index (χ0n) is 20.4. The van der Waals surface area contributed by atoms with Crippen LogP contribution >= 0.6 is 15.9 Å². The number of fused-ring (bicyclic) bond motifs is 1. The molecule has 0 aliphatic heterocycles. The van der Waals surface area contributed by atoms with E-state index in [4.69, 9.17) is 9.47 Å². The van der Waals surface area contributed by atoms with Gasteiger partial charge >= 0.3 is 6.03 Å². The Balaban J connectivity index is 1.50. The molecule has 0 spiro atoms. The zero-order valence-corrected chi connectivity index (χ0v) is 23.0. The van der Waals surface area contributed by atoms with E-state index in [0.717, 1.165) is 18.2 Å². The summed E-state index contributed by atoms with van der Waals surface area (Å²) in [4.78, 5) is 16.5. The van der Waals surface area contributed by atoms with Crippen molar-refractivity contribution in [3.8, 4) is 11.5 Å². The Labute approximate surface area is 221 Å². The second-order valence-electron chi connectivity index (χ2n) is 9.36. The lowest BCUT2D eigenvalue weighted by Gasteiger charge is -2.15. The van der Waals surface area contributed by atoms with Crippen LogP contribution in [0.5, 0.6) is 11.5 Å². The molecule has 0 aliphatic carbocycles. The Kier molecular flexibility index (Phi) is 8.15. The Morgan fingerprint density at radius 1 is 1.14 bits per heavy atom. The number of amides is 2. The average molecular weight is 591 g/mol. The Morgan fingerprint density at radius 3 is 2.57 bits per heavy atom. The summed E-state index contributed by atoms with van der Waals surface area (Å²) < 4.78 is 43.7. The highest BCUT2D eigenvalue weighted by Crippen LogP contribution is 2.37. The molecule has 0 radical (unpaired) electrons. The SMILES string of the molecule is C[Si](C)(C)CCOCn1cc(Br)c2c(Oc3c(F)cc(NC(=O)Nc4cccnn4)cc3F)ccnc21. The first kappa shape index (κ1) is 26.6. The number of nitrogens with one attached hydrogen (secondary N) is 2. The van der Waals surface area contributed by atoms with Crippen LogP contribution < -0.4 is 15.4 Å². The molecule has 0 saturated carbocycles. The lowest BCUT2D eigenvalue weighted by atomic mass is 10.2. The molecule has 0 atom stereocenters. The van der Waals surface area contributed by atoms with Crippen molar-refractivity contribution in [2.24, 2.45) is 0 Å². The van der Waals surface area contributed by atoms with Gasteiger partial charge < -0.3 is 19.4 Å². The molecule has 37 heavy (non-hydrogen) atoms. The van der Waals surface area contributed by atoms with Crippen molar-refractivity contribution in [2.75, 3.05) is 17.2 Å². The lowest BCUT2D eigenvalue weighted by molar-refractivity contribution is 0.0898. The maximum Gasteiger partial charge on any atom is 0.324 e. The molecule has 194 valence electrons. The standard InChI is InChI=1S/C24H25BrF2N6O3Si/c1-37(2,3)10-9-35-14-33-13-16(25)21-19(6-8-28-23(21)33)36-22-17(26)11-15(12-18(22)27)30-24(34)31-20-5-4-7-29-32-20/h4-8,11-13H,9-10,14H2,1-3H3,(H2,30,31,32,34). The summed E-state index contributed by atoms with van der Waals surface area (Å²) in [5.74, 6) is -2.22. The number of anilines is 2. The van der Waals surface area contributed by atoms with Crippen LogP contribution in [-0.2, 0) is 11.5 Å². The van der Waals surface area contributed by atoms with E-state index in [-0.39, 0.29) is 24.0 Å². The largest absolute Gasteiger partial charge is 0.450 e. The number of nitrogens with zero attached hydrogens (tertiary/aromatic N) is 4. The number of benzene rings is 1. The van der Waals surface area contributed by atoms with Crippen LogP contribution in [0.15, 0.2) is 53.4 Å². The van der Waals surface area contributed by atoms with E-state index in [0.29, 0.717) is 22.1 Å². The monoisotopic (exact) mass is 590 g/mol. The predicted octanol–water partition coefficient (Wildman–Crippen LogP) is 6.62. The number of pyridine rings is 1. The van der Waals surface area contributed by atoms with Crippen LogP contribution in [0.4, 0.5) is 25.1 Å². The smallest absolute Gasteiger partial charge is 0.324 e. The summed E-state index contributed by atoms with van der Waals surface area (Å²) in [6, 6.07) is 6.83. The van der Waals surface area contributed by atoms with E-state index in [1.54, 1.807) is 16.8 Å². The number of rotatable bonds is 9. The third-order valence-corrected chi connectivity index (χ3v) is 7.49. The fraction of sp³-hybridized carbons (Fsp3) is 0.250. The normalized spacial score (nSPS) is 11.5. The second kappa shape index (κ2) is 11.3. The van der Waals surface area contributed by atoms with Crippen LogP contribution in [-0.4, -0.2) is 40.5 Å². The van der Waals surface area contributed by atoms with Gasteiger partial charge in [0.15, 0.2) is 23.2 Å². The molecule has 2 amide bonds. The molecule has 0 aliphatic rings. The molecule has 4 aromatic rings. The van der Waals surface area contributed by atoms with Gasteiger partial charge in [-0.25, -0.2) is 18.6 Å². The van der Waals surface area contributed by atoms with E-state index in [2.05, 4.69) is 61.4 Å². The van der Waals surface area contributed by atoms with Gasteiger partial charge in [-0.15, -0.1) is 5.10 Å². The van der Waals surface area contributed by atoms with Crippen LogP contribution in [0.1, 0.15) is 0 Å². The van der Waals surface area contributed by atoms with Gasteiger partial charge in [-0.05, 0) is 40.2 Å². The van der Waals surface area contributed by atoms with Crippen molar-refractivity contribution < 1.29 is 23.0 Å². The molecule has 0 bridgehead atoms.